The molecule has 0 bridgehead atoms. The Hall–Kier alpha value is -0.680. The van der Waals surface area contributed by atoms with Gasteiger partial charge in [-0.05, 0) is 44.0 Å². The highest BCUT2D eigenvalue weighted by atomic mass is 79.9. The molecular formula is C8H5Br2N3. The van der Waals surface area contributed by atoms with Gasteiger partial charge in [0, 0.05) is 20.1 Å². The highest BCUT2D eigenvalue weighted by Gasteiger charge is 2.19. The van der Waals surface area contributed by atoms with Gasteiger partial charge in [-0.2, -0.15) is 0 Å². The van der Waals surface area contributed by atoms with Gasteiger partial charge in [0.15, 0.2) is 5.84 Å². The Morgan fingerprint density at radius 2 is 1.69 bits per heavy atom. The van der Waals surface area contributed by atoms with Gasteiger partial charge in [0.25, 0.3) is 0 Å². The van der Waals surface area contributed by atoms with Gasteiger partial charge in [-0.25, -0.2) is 4.99 Å². The molecule has 0 unspecified atom stereocenters. The van der Waals surface area contributed by atoms with Crippen LogP contribution in [-0.2, 0) is 0 Å². The van der Waals surface area contributed by atoms with Crippen molar-refractivity contribution in [2.45, 2.75) is 0 Å². The Bertz CT molecular complexity index is 437. The summed E-state index contributed by atoms with van der Waals surface area (Å²) in [5, 5.41) is 7.52. The summed E-state index contributed by atoms with van der Waals surface area (Å²) in [5.74, 6) is 0.633. The van der Waals surface area contributed by atoms with Gasteiger partial charge in [0.1, 0.15) is 5.84 Å². The molecule has 5 heteroatoms. The average Bonchev–Trinajstić information content (AvgIpc) is 2.31. The highest BCUT2D eigenvalue weighted by molar-refractivity contribution is 9.13. The van der Waals surface area contributed by atoms with Crippen LogP contribution in [0.3, 0.4) is 0 Å². The highest BCUT2D eigenvalue weighted by Crippen LogP contribution is 2.29. The van der Waals surface area contributed by atoms with Crippen molar-refractivity contribution in [3.8, 4) is 0 Å². The van der Waals surface area contributed by atoms with E-state index in [0.717, 1.165) is 20.1 Å². The Kier molecular flexibility index (Phi) is 2.00. The average molecular weight is 303 g/mol. The van der Waals surface area contributed by atoms with E-state index in [1.165, 1.54) is 0 Å². The molecule has 1 aliphatic heterocycles. The van der Waals surface area contributed by atoms with E-state index in [1.54, 1.807) is 0 Å². The second-order valence-electron chi connectivity index (χ2n) is 2.66. The lowest BCUT2D eigenvalue weighted by atomic mass is 10.1. The van der Waals surface area contributed by atoms with Crippen LogP contribution in [0.15, 0.2) is 26.1 Å². The minimum absolute atomic E-state index is 0.223. The van der Waals surface area contributed by atoms with Crippen LogP contribution in [0.5, 0.6) is 0 Å². The number of nitrogens with one attached hydrogen (secondary N) is 1. The molecule has 0 fully saturated rings. The van der Waals surface area contributed by atoms with Crippen molar-refractivity contribution in [1.82, 2.24) is 0 Å². The maximum Gasteiger partial charge on any atom is 0.154 e. The van der Waals surface area contributed by atoms with Crippen molar-refractivity contribution < 1.29 is 0 Å². The van der Waals surface area contributed by atoms with Gasteiger partial charge in [-0.15, -0.1) is 0 Å². The Balaban J connectivity index is 2.72. The normalized spacial score (nSPS) is 14.3. The second-order valence-corrected chi connectivity index (χ2v) is 4.37. The van der Waals surface area contributed by atoms with Crippen LogP contribution >= 0.6 is 31.9 Å². The largest absolute Gasteiger partial charge is 0.383 e. The van der Waals surface area contributed by atoms with E-state index in [-0.39, 0.29) is 5.84 Å². The van der Waals surface area contributed by atoms with E-state index in [9.17, 15) is 0 Å². The van der Waals surface area contributed by atoms with Gasteiger partial charge in [0.05, 0.1) is 0 Å². The molecule has 3 nitrogen and oxygen atoms in total. The third kappa shape index (κ3) is 1.32. The van der Waals surface area contributed by atoms with Crippen LogP contribution in [0, 0.1) is 5.41 Å². The number of hydrogen-bond donors (Lipinski definition) is 2. The zero-order chi connectivity index (χ0) is 9.59. The Morgan fingerprint density at radius 3 is 2.31 bits per heavy atom. The van der Waals surface area contributed by atoms with Crippen LogP contribution in [0.25, 0.3) is 0 Å². The summed E-state index contributed by atoms with van der Waals surface area (Å²) in [6.45, 7) is 0. The molecule has 1 aromatic carbocycles. The molecule has 3 N–H and O–H groups in total. The first-order valence-corrected chi connectivity index (χ1v) is 5.10. The summed E-state index contributed by atoms with van der Waals surface area (Å²) in [6, 6.07) is 3.70. The van der Waals surface area contributed by atoms with Crippen molar-refractivity contribution in [1.29, 1.82) is 5.41 Å². The molecule has 2 rings (SSSR count). The number of rotatable bonds is 0. The number of nitrogens with zero attached hydrogens (tertiary/aromatic N) is 1. The third-order valence-corrected chi connectivity index (χ3v) is 3.67. The van der Waals surface area contributed by atoms with Gasteiger partial charge in [0.2, 0.25) is 0 Å². The molecule has 0 atom stereocenters. The fraction of sp³-hybridized carbons (Fsp3) is 0. The van der Waals surface area contributed by atoms with Crippen LogP contribution < -0.4 is 5.73 Å². The van der Waals surface area contributed by atoms with E-state index in [4.69, 9.17) is 11.1 Å². The zero-order valence-corrected chi connectivity index (χ0v) is 9.61. The molecule has 0 spiro atoms. The van der Waals surface area contributed by atoms with Crippen molar-refractivity contribution in [2.24, 2.45) is 10.7 Å². The smallest absolute Gasteiger partial charge is 0.154 e. The van der Waals surface area contributed by atoms with Crippen LogP contribution in [0.2, 0.25) is 0 Å². The van der Waals surface area contributed by atoms with Crippen molar-refractivity contribution in [3.05, 3.63) is 32.2 Å². The summed E-state index contributed by atoms with van der Waals surface area (Å²) in [5.41, 5.74) is 7.22. The van der Waals surface area contributed by atoms with Gasteiger partial charge in [-0.1, -0.05) is 0 Å². The maximum absolute atomic E-state index is 7.52. The fourth-order valence-corrected chi connectivity index (χ4v) is 1.88. The van der Waals surface area contributed by atoms with Crippen molar-refractivity contribution >= 4 is 43.5 Å². The van der Waals surface area contributed by atoms with Crippen LogP contribution in [0.1, 0.15) is 11.1 Å². The number of amidine groups is 2. The minimum Gasteiger partial charge on any atom is -0.383 e. The number of hydrogen-bond acceptors (Lipinski definition) is 2. The molecule has 66 valence electrons. The SMILES string of the molecule is N=C1N=C(N)c2cc(Br)c(Br)cc21. The number of benzene rings is 1. The molecular weight excluding hydrogens is 298 g/mol. The van der Waals surface area contributed by atoms with E-state index in [1.807, 2.05) is 12.1 Å². The van der Waals surface area contributed by atoms with Gasteiger partial charge >= 0.3 is 0 Å². The zero-order valence-electron chi connectivity index (χ0n) is 6.44. The number of nitrogens with two attached hydrogens (primary N) is 1. The first kappa shape index (κ1) is 8.90. The standard InChI is InChI=1S/C8H5Br2N3/c9-5-1-3-4(2-6(5)10)8(12)13-7(3)11/h1-2H,(H3,11,12,13). The molecule has 13 heavy (non-hydrogen) atoms. The molecule has 0 saturated carbocycles. The lowest BCUT2D eigenvalue weighted by Gasteiger charge is -2.01. The Morgan fingerprint density at radius 1 is 1.15 bits per heavy atom. The summed E-state index contributed by atoms with van der Waals surface area (Å²) in [6.07, 6.45) is 0. The Labute approximate surface area is 91.8 Å². The van der Waals surface area contributed by atoms with Gasteiger partial charge < -0.3 is 5.73 Å². The van der Waals surface area contributed by atoms with E-state index in [0.29, 0.717) is 5.84 Å². The molecule has 1 aliphatic rings. The predicted octanol–water partition coefficient (Wildman–Crippen LogP) is 2.26. The van der Waals surface area contributed by atoms with Gasteiger partial charge in [-0.3, -0.25) is 5.41 Å². The maximum atomic E-state index is 7.52. The number of aliphatic imine (C=N–C) groups is 1. The van der Waals surface area contributed by atoms with Crippen LogP contribution in [-0.4, -0.2) is 11.7 Å². The summed E-state index contributed by atoms with van der Waals surface area (Å²) >= 11 is 6.73. The summed E-state index contributed by atoms with van der Waals surface area (Å²) in [7, 11) is 0. The summed E-state index contributed by atoms with van der Waals surface area (Å²) in [4.78, 5) is 3.88. The summed E-state index contributed by atoms with van der Waals surface area (Å²) < 4.78 is 1.82. The first-order valence-electron chi connectivity index (χ1n) is 3.52. The topological polar surface area (TPSA) is 62.2 Å². The molecule has 0 radical (unpaired) electrons. The second kappa shape index (κ2) is 2.92. The van der Waals surface area contributed by atoms with Crippen LogP contribution in [0.4, 0.5) is 0 Å². The molecule has 1 aromatic rings. The predicted molar refractivity (Wildman–Crippen MR) is 59.4 cm³/mol. The lowest BCUT2D eigenvalue weighted by Crippen LogP contribution is -2.10. The minimum atomic E-state index is 0.223. The number of fused-ring (bicyclic) bond motifs is 1. The molecule has 0 aliphatic carbocycles. The molecule has 0 saturated heterocycles. The monoisotopic (exact) mass is 301 g/mol. The van der Waals surface area contributed by atoms with Crippen molar-refractivity contribution in [3.63, 3.8) is 0 Å². The quantitative estimate of drug-likeness (QED) is 0.758. The molecule has 1 heterocycles. The molecule has 0 aromatic heterocycles. The van der Waals surface area contributed by atoms with Crippen molar-refractivity contribution in [2.75, 3.05) is 0 Å². The van der Waals surface area contributed by atoms with E-state index in [2.05, 4.69) is 36.9 Å². The molecule has 0 amide bonds. The third-order valence-electron chi connectivity index (χ3n) is 1.82. The fourth-order valence-electron chi connectivity index (χ4n) is 1.20. The first-order chi connectivity index (χ1) is 6.09. The van der Waals surface area contributed by atoms with E-state index < -0.39 is 0 Å². The number of halogens is 2. The van der Waals surface area contributed by atoms with E-state index >= 15 is 0 Å². The lowest BCUT2D eigenvalue weighted by molar-refractivity contribution is 1.44.